The van der Waals surface area contributed by atoms with E-state index >= 15 is 0 Å². The van der Waals surface area contributed by atoms with Crippen LogP contribution in [0.1, 0.15) is 17.5 Å². The molecule has 2 aliphatic rings. The molecule has 9 heteroatoms. The number of hydrogen-bond acceptors (Lipinski definition) is 7. The fraction of sp³-hybridized carbons (Fsp3) is 0.200. The maximum absolute atomic E-state index is 13.5. The molecule has 7 nitrogen and oxygen atoms in total. The lowest BCUT2D eigenvalue weighted by molar-refractivity contribution is 0.413. The van der Waals surface area contributed by atoms with E-state index in [0.717, 1.165) is 11.1 Å². The first-order valence-electron chi connectivity index (χ1n) is 10.6. The predicted octanol–water partition coefficient (Wildman–Crippen LogP) is 3.70. The number of aromatic hydroxyl groups is 2. The van der Waals surface area contributed by atoms with E-state index in [-0.39, 0.29) is 23.7 Å². The van der Waals surface area contributed by atoms with Crippen LogP contribution in [0.4, 0.5) is 0 Å². The van der Waals surface area contributed by atoms with Gasteiger partial charge in [-0.25, -0.2) is 0 Å². The molecule has 3 aromatic carbocycles. The van der Waals surface area contributed by atoms with Crippen LogP contribution in [0.15, 0.2) is 72.8 Å². The lowest BCUT2D eigenvalue weighted by Gasteiger charge is -2.25. The number of methoxy groups -OCH3 is 1. The Balaban J connectivity index is 1.57. The molecule has 1 unspecified atom stereocenters. The van der Waals surface area contributed by atoms with Crippen molar-refractivity contribution in [3.05, 3.63) is 83.9 Å². The van der Waals surface area contributed by atoms with E-state index in [4.69, 9.17) is 8.92 Å². The summed E-state index contributed by atoms with van der Waals surface area (Å²) in [5.74, 6) is 0.908. The Kier molecular flexibility index (Phi) is 5.61. The molecule has 0 spiro atoms. The summed E-state index contributed by atoms with van der Waals surface area (Å²) >= 11 is 0. The quantitative estimate of drug-likeness (QED) is 0.499. The van der Waals surface area contributed by atoms with Gasteiger partial charge in [0.2, 0.25) is 0 Å². The van der Waals surface area contributed by atoms with Gasteiger partial charge in [0.15, 0.2) is 0 Å². The molecule has 0 aliphatic carbocycles. The Morgan fingerprint density at radius 1 is 0.794 bits per heavy atom. The average molecular weight is 499 g/mol. The predicted molar refractivity (Wildman–Crippen MR) is 130 cm³/mol. The van der Waals surface area contributed by atoms with E-state index in [1.165, 1.54) is 31.4 Å². The van der Waals surface area contributed by atoms with Crippen molar-refractivity contribution in [3.63, 3.8) is 0 Å². The van der Waals surface area contributed by atoms with Crippen LogP contribution in [0, 0.1) is 0 Å². The van der Waals surface area contributed by atoms with E-state index in [1.807, 2.05) is 0 Å². The molecule has 5 rings (SSSR count). The molecular formula is C25H22O7S2. The normalized spacial score (nSPS) is 23.8. The van der Waals surface area contributed by atoms with Gasteiger partial charge in [-0.2, -0.15) is 8.42 Å². The Labute approximate surface area is 199 Å². The van der Waals surface area contributed by atoms with Crippen LogP contribution in [0.3, 0.4) is 0 Å². The van der Waals surface area contributed by atoms with Crippen LogP contribution >= 0.6 is 0 Å². The first-order valence-corrected chi connectivity index (χ1v) is 13.3. The summed E-state index contributed by atoms with van der Waals surface area (Å²) < 4.78 is 50.7. The standard InChI is InChI=1S/C25H22O7S2/c1-31-19-10-12-20(13-11-19)32-34(29,30)22-14-21-23(15-2-6-17(26)7-3-15)24(25(22)33(21)28)16-4-8-18(27)9-5-16/h2-13,21-22,25-27H,14H2,1H3/t21-,22-,25+,33?/m0/s1. The minimum absolute atomic E-state index is 0.0758. The van der Waals surface area contributed by atoms with Crippen LogP contribution < -0.4 is 8.92 Å². The van der Waals surface area contributed by atoms with Crippen molar-refractivity contribution in [2.24, 2.45) is 0 Å². The highest BCUT2D eigenvalue weighted by molar-refractivity contribution is 7.92. The Morgan fingerprint density at radius 3 is 1.82 bits per heavy atom. The molecule has 3 aromatic rings. The second-order valence-electron chi connectivity index (χ2n) is 8.18. The summed E-state index contributed by atoms with van der Waals surface area (Å²) in [4.78, 5) is 0. The first kappa shape index (κ1) is 22.5. The second kappa shape index (κ2) is 8.48. The highest BCUT2D eigenvalue weighted by Crippen LogP contribution is 2.53. The summed E-state index contributed by atoms with van der Waals surface area (Å²) in [5, 5.41) is 17.2. The minimum Gasteiger partial charge on any atom is -0.508 e. The lowest BCUT2D eigenvalue weighted by atomic mass is 9.83. The fourth-order valence-corrected chi connectivity index (χ4v) is 9.04. The Morgan fingerprint density at radius 2 is 1.29 bits per heavy atom. The van der Waals surface area contributed by atoms with Crippen molar-refractivity contribution >= 4 is 32.1 Å². The van der Waals surface area contributed by atoms with Crippen molar-refractivity contribution in [3.8, 4) is 23.0 Å². The van der Waals surface area contributed by atoms with Crippen molar-refractivity contribution in [2.75, 3.05) is 7.11 Å². The molecule has 2 heterocycles. The molecular weight excluding hydrogens is 476 g/mol. The molecule has 0 amide bonds. The number of benzene rings is 3. The zero-order valence-electron chi connectivity index (χ0n) is 18.1. The van der Waals surface area contributed by atoms with Gasteiger partial charge in [0, 0.05) is 10.8 Å². The van der Waals surface area contributed by atoms with Crippen LogP contribution in [0.25, 0.3) is 11.1 Å². The fourth-order valence-electron chi connectivity index (χ4n) is 4.66. The third kappa shape index (κ3) is 3.84. The molecule has 34 heavy (non-hydrogen) atoms. The van der Waals surface area contributed by atoms with E-state index in [0.29, 0.717) is 16.9 Å². The number of ether oxygens (including phenoxy) is 1. The zero-order valence-corrected chi connectivity index (χ0v) is 19.8. The van der Waals surface area contributed by atoms with Crippen LogP contribution in [0.2, 0.25) is 0 Å². The van der Waals surface area contributed by atoms with Crippen LogP contribution in [-0.4, -0.2) is 45.7 Å². The summed E-state index contributed by atoms with van der Waals surface area (Å²) in [6.45, 7) is 0. The minimum atomic E-state index is -4.12. The van der Waals surface area contributed by atoms with Crippen molar-refractivity contribution in [1.29, 1.82) is 0 Å². The summed E-state index contributed by atoms with van der Waals surface area (Å²) in [6.07, 6.45) is 0.160. The molecule has 1 saturated heterocycles. The maximum atomic E-state index is 13.5. The average Bonchev–Trinajstić information content (AvgIpc) is 3.31. The molecule has 2 aliphatic heterocycles. The molecule has 4 atom stereocenters. The van der Waals surface area contributed by atoms with Gasteiger partial charge in [-0.1, -0.05) is 24.3 Å². The SMILES string of the molecule is COc1ccc(OS(=O)(=O)[C@H]2C[C@H]3C(c4ccc(O)cc4)=C(c4ccc(O)cc4)[C@@H]2S3=O)cc1. The van der Waals surface area contributed by atoms with E-state index < -0.39 is 36.7 Å². The first-order chi connectivity index (χ1) is 16.3. The molecule has 2 bridgehead atoms. The van der Waals surface area contributed by atoms with Gasteiger partial charge in [0.05, 0.1) is 17.6 Å². The number of fused-ring (bicyclic) bond motifs is 2. The zero-order chi connectivity index (χ0) is 24.0. The van der Waals surface area contributed by atoms with Gasteiger partial charge in [-0.3, -0.25) is 4.21 Å². The van der Waals surface area contributed by atoms with Gasteiger partial charge >= 0.3 is 10.1 Å². The highest BCUT2D eigenvalue weighted by Gasteiger charge is 2.57. The third-order valence-electron chi connectivity index (χ3n) is 6.21. The van der Waals surface area contributed by atoms with Gasteiger partial charge in [0.1, 0.15) is 28.2 Å². The summed E-state index contributed by atoms with van der Waals surface area (Å²) in [5.41, 5.74) is 2.91. The molecule has 0 radical (unpaired) electrons. The highest BCUT2D eigenvalue weighted by atomic mass is 32.2. The van der Waals surface area contributed by atoms with Gasteiger partial charge in [-0.05, 0) is 77.2 Å². The number of hydrogen-bond donors (Lipinski definition) is 2. The molecule has 2 N–H and O–H groups in total. The van der Waals surface area contributed by atoms with E-state index in [9.17, 15) is 22.8 Å². The van der Waals surface area contributed by atoms with Crippen molar-refractivity contribution in [2.45, 2.75) is 22.2 Å². The van der Waals surface area contributed by atoms with Gasteiger partial charge in [-0.15, -0.1) is 0 Å². The topological polar surface area (TPSA) is 110 Å². The molecule has 176 valence electrons. The van der Waals surface area contributed by atoms with E-state index in [1.54, 1.807) is 48.5 Å². The van der Waals surface area contributed by atoms with Crippen LogP contribution in [-0.2, 0) is 20.9 Å². The second-order valence-corrected chi connectivity index (χ2v) is 11.7. The maximum Gasteiger partial charge on any atom is 0.313 e. The van der Waals surface area contributed by atoms with Gasteiger partial charge < -0.3 is 19.1 Å². The number of phenols is 2. The van der Waals surface area contributed by atoms with E-state index in [2.05, 4.69) is 0 Å². The van der Waals surface area contributed by atoms with Crippen molar-refractivity contribution < 1.29 is 31.8 Å². The largest absolute Gasteiger partial charge is 0.508 e. The van der Waals surface area contributed by atoms with Crippen LogP contribution in [0.5, 0.6) is 23.0 Å². The molecule has 1 fully saturated rings. The lowest BCUT2D eigenvalue weighted by Crippen LogP contribution is -2.35. The molecule has 0 aromatic heterocycles. The third-order valence-corrected chi connectivity index (χ3v) is 10.1. The Hall–Kier alpha value is -3.30. The Bertz CT molecular complexity index is 1380. The van der Waals surface area contributed by atoms with Gasteiger partial charge in [0.25, 0.3) is 0 Å². The number of rotatable bonds is 6. The summed E-state index contributed by atoms with van der Waals surface area (Å²) in [6, 6.07) is 19.2. The summed E-state index contributed by atoms with van der Waals surface area (Å²) in [7, 11) is -4.09. The van der Waals surface area contributed by atoms with Crippen molar-refractivity contribution in [1.82, 2.24) is 0 Å². The monoisotopic (exact) mass is 498 g/mol. The smallest absolute Gasteiger partial charge is 0.313 e. The number of phenolic OH excluding ortho intramolecular Hbond substituents is 2. The molecule has 0 saturated carbocycles.